The van der Waals surface area contributed by atoms with Crippen LogP contribution >= 0.6 is 0 Å². The highest BCUT2D eigenvalue weighted by Crippen LogP contribution is 2.52. The van der Waals surface area contributed by atoms with Crippen LogP contribution < -0.4 is 11.1 Å². The molecule has 1 atom stereocenters. The zero-order chi connectivity index (χ0) is 22.2. The fourth-order valence-corrected chi connectivity index (χ4v) is 3.78. The highest BCUT2D eigenvalue weighted by molar-refractivity contribution is 6.03. The summed E-state index contributed by atoms with van der Waals surface area (Å²) in [7, 11) is 0. The van der Waals surface area contributed by atoms with Gasteiger partial charge >= 0.3 is 0 Å². The molecule has 1 aromatic carbocycles. The maximum absolute atomic E-state index is 14.9. The van der Waals surface area contributed by atoms with Crippen molar-refractivity contribution in [3.8, 4) is 6.07 Å². The highest BCUT2D eigenvalue weighted by atomic mass is 19.1. The first-order valence-electron chi connectivity index (χ1n) is 9.65. The zero-order valence-corrected chi connectivity index (χ0v) is 16.7. The molecule has 9 heteroatoms. The quantitative estimate of drug-likeness (QED) is 0.765. The van der Waals surface area contributed by atoms with E-state index in [2.05, 4.69) is 15.3 Å². The van der Waals surface area contributed by atoms with Crippen LogP contribution in [0.5, 0.6) is 0 Å². The van der Waals surface area contributed by atoms with E-state index >= 15 is 0 Å². The van der Waals surface area contributed by atoms with Crippen LogP contribution in [0.1, 0.15) is 40.0 Å². The molecule has 4 rings (SSSR count). The topological polar surface area (TPSA) is 113 Å². The maximum atomic E-state index is 14.9. The molecule has 31 heavy (non-hydrogen) atoms. The van der Waals surface area contributed by atoms with E-state index in [-0.39, 0.29) is 29.0 Å². The number of ether oxygens (including phenoxy) is 1. The molecule has 3 N–H and O–H groups in total. The van der Waals surface area contributed by atoms with Crippen LogP contribution in [-0.4, -0.2) is 23.6 Å². The Morgan fingerprint density at radius 3 is 2.84 bits per heavy atom. The second-order valence-electron chi connectivity index (χ2n) is 7.55. The van der Waals surface area contributed by atoms with E-state index in [1.54, 1.807) is 13.0 Å². The summed E-state index contributed by atoms with van der Waals surface area (Å²) in [5.41, 5.74) is 6.08. The number of alkyl halides is 1. The fourth-order valence-electron chi connectivity index (χ4n) is 3.78. The maximum Gasteiger partial charge on any atom is 0.288 e. The van der Waals surface area contributed by atoms with Crippen molar-refractivity contribution < 1.29 is 18.3 Å². The number of anilines is 1. The van der Waals surface area contributed by atoms with Gasteiger partial charge in [-0.2, -0.15) is 5.26 Å². The normalized spacial score (nSPS) is 20.2. The number of nitrogens with zero attached hydrogens (tertiary/aromatic N) is 3. The molecule has 1 saturated carbocycles. The number of halogens is 2. The Hall–Kier alpha value is -3.80. The van der Waals surface area contributed by atoms with Crippen LogP contribution in [0.15, 0.2) is 47.3 Å². The van der Waals surface area contributed by atoms with Gasteiger partial charge in [-0.25, -0.2) is 18.8 Å². The van der Waals surface area contributed by atoms with Gasteiger partial charge in [-0.15, -0.1) is 0 Å². The van der Waals surface area contributed by atoms with Crippen molar-refractivity contribution in [1.82, 2.24) is 4.98 Å². The fraction of sp³-hybridized carbons (Fsp3) is 0.273. The molecule has 0 bridgehead atoms. The molecule has 0 radical (unpaired) electrons. The SMILES string of the molecule is Cc1cc(C#N)cnc1C(=O)Nc1ccc(F)c([C@@]2(C3CC3)C=C(CF)OC(N)=N2)c1. The van der Waals surface area contributed by atoms with Gasteiger partial charge in [-0.3, -0.25) is 4.79 Å². The van der Waals surface area contributed by atoms with Gasteiger partial charge in [0.05, 0.1) is 5.56 Å². The summed E-state index contributed by atoms with van der Waals surface area (Å²) in [5, 5.41) is 11.7. The Labute approximate surface area is 177 Å². The number of allylic oxidation sites excluding steroid dienone is 1. The molecule has 2 aromatic rings. The van der Waals surface area contributed by atoms with E-state index in [9.17, 15) is 13.6 Å². The Kier molecular flexibility index (Phi) is 5.15. The van der Waals surface area contributed by atoms with E-state index < -0.39 is 23.9 Å². The molecule has 1 amide bonds. The lowest BCUT2D eigenvalue weighted by molar-refractivity contribution is 0.102. The van der Waals surface area contributed by atoms with Gasteiger partial charge in [0.1, 0.15) is 35.6 Å². The summed E-state index contributed by atoms with van der Waals surface area (Å²) in [6.07, 6.45) is 4.33. The molecule has 7 nitrogen and oxygen atoms in total. The standard InChI is InChI=1S/C22H19F2N5O2/c1-12-6-13(10-25)11-27-19(12)20(30)28-15-4-5-18(24)17(7-15)22(14-2-3-14)8-16(9-23)31-21(26)29-22/h4-8,11,14H,2-3,9H2,1H3,(H2,26,29)(H,28,30)/t22-/m0/s1. The average Bonchev–Trinajstić information content (AvgIpc) is 3.60. The van der Waals surface area contributed by atoms with Gasteiger partial charge < -0.3 is 15.8 Å². The Morgan fingerprint density at radius 1 is 1.42 bits per heavy atom. The zero-order valence-electron chi connectivity index (χ0n) is 16.7. The van der Waals surface area contributed by atoms with Gasteiger partial charge in [0.25, 0.3) is 11.9 Å². The number of nitriles is 1. The van der Waals surface area contributed by atoms with Crippen molar-refractivity contribution in [2.45, 2.75) is 25.3 Å². The number of nitrogens with one attached hydrogen (secondary N) is 1. The molecule has 2 heterocycles. The summed E-state index contributed by atoms with van der Waals surface area (Å²) >= 11 is 0. The number of nitrogens with two attached hydrogens (primary N) is 1. The Morgan fingerprint density at radius 2 is 2.19 bits per heavy atom. The predicted molar refractivity (Wildman–Crippen MR) is 109 cm³/mol. The van der Waals surface area contributed by atoms with Crippen LogP contribution in [0.3, 0.4) is 0 Å². The smallest absolute Gasteiger partial charge is 0.288 e. The van der Waals surface area contributed by atoms with E-state index in [4.69, 9.17) is 15.7 Å². The monoisotopic (exact) mass is 423 g/mol. The first-order valence-corrected chi connectivity index (χ1v) is 9.65. The first-order chi connectivity index (χ1) is 14.9. The van der Waals surface area contributed by atoms with Crippen molar-refractivity contribution in [2.24, 2.45) is 16.6 Å². The van der Waals surface area contributed by atoms with Gasteiger partial charge in [0, 0.05) is 17.4 Å². The summed E-state index contributed by atoms with van der Waals surface area (Å²) in [6, 6.07) is 7.41. The summed E-state index contributed by atoms with van der Waals surface area (Å²) in [6.45, 7) is 0.774. The molecule has 0 unspecified atom stereocenters. The van der Waals surface area contributed by atoms with E-state index in [0.717, 1.165) is 12.8 Å². The van der Waals surface area contributed by atoms with Crippen molar-refractivity contribution in [3.05, 3.63) is 70.5 Å². The molecular weight excluding hydrogens is 404 g/mol. The van der Waals surface area contributed by atoms with E-state index in [1.807, 2.05) is 6.07 Å². The number of carbonyl (C=O) groups excluding carboxylic acids is 1. The minimum atomic E-state index is -1.20. The second-order valence-corrected chi connectivity index (χ2v) is 7.55. The predicted octanol–water partition coefficient (Wildman–Crippen LogP) is 3.46. The number of amides is 1. The lowest BCUT2D eigenvalue weighted by Gasteiger charge is -2.32. The highest BCUT2D eigenvalue weighted by Gasteiger charge is 2.49. The van der Waals surface area contributed by atoms with Crippen LogP contribution in [0, 0.1) is 30.0 Å². The summed E-state index contributed by atoms with van der Waals surface area (Å²) in [4.78, 5) is 21.1. The third-order valence-corrected chi connectivity index (χ3v) is 5.32. The van der Waals surface area contributed by atoms with Crippen molar-refractivity contribution in [1.29, 1.82) is 5.26 Å². The number of aliphatic imine (C=N–C) groups is 1. The van der Waals surface area contributed by atoms with Crippen LogP contribution in [0.25, 0.3) is 0 Å². The third-order valence-electron chi connectivity index (χ3n) is 5.32. The molecule has 1 aliphatic heterocycles. The number of rotatable bonds is 5. The molecule has 1 aliphatic carbocycles. The van der Waals surface area contributed by atoms with Gasteiger partial charge in [-0.1, -0.05) is 0 Å². The molecule has 1 aromatic heterocycles. The Bertz CT molecular complexity index is 1170. The first kappa shape index (κ1) is 20.5. The number of carbonyl (C=O) groups is 1. The minimum absolute atomic E-state index is 0.0226. The molecule has 2 aliphatic rings. The number of hydrogen-bond acceptors (Lipinski definition) is 6. The molecule has 0 saturated heterocycles. The number of amidine groups is 1. The van der Waals surface area contributed by atoms with Crippen LogP contribution in [-0.2, 0) is 10.3 Å². The molecule has 158 valence electrons. The molecule has 0 spiro atoms. The van der Waals surface area contributed by atoms with Crippen LogP contribution in [0.4, 0.5) is 14.5 Å². The summed E-state index contributed by atoms with van der Waals surface area (Å²) < 4.78 is 33.4. The van der Waals surface area contributed by atoms with Gasteiger partial charge in [0.2, 0.25) is 0 Å². The number of aromatic nitrogens is 1. The number of hydrogen-bond donors (Lipinski definition) is 2. The number of benzene rings is 1. The second kappa shape index (κ2) is 7.80. The number of pyridine rings is 1. The third kappa shape index (κ3) is 3.84. The van der Waals surface area contributed by atoms with E-state index in [1.165, 1.54) is 30.5 Å². The van der Waals surface area contributed by atoms with Gasteiger partial charge in [-0.05, 0) is 61.6 Å². The van der Waals surface area contributed by atoms with E-state index in [0.29, 0.717) is 16.8 Å². The lowest BCUT2D eigenvalue weighted by Crippen LogP contribution is -2.35. The lowest BCUT2D eigenvalue weighted by atomic mass is 9.83. The average molecular weight is 423 g/mol. The molecular formula is C22H19F2N5O2. The largest absolute Gasteiger partial charge is 0.428 e. The van der Waals surface area contributed by atoms with Crippen molar-refractivity contribution >= 4 is 17.6 Å². The van der Waals surface area contributed by atoms with Crippen molar-refractivity contribution in [3.63, 3.8) is 0 Å². The van der Waals surface area contributed by atoms with Gasteiger partial charge in [0.15, 0.2) is 0 Å². The number of aryl methyl sites for hydroxylation is 1. The Balaban J connectivity index is 1.71. The van der Waals surface area contributed by atoms with Crippen molar-refractivity contribution in [2.75, 3.05) is 12.0 Å². The summed E-state index contributed by atoms with van der Waals surface area (Å²) in [5.74, 6) is -1.13. The van der Waals surface area contributed by atoms with Crippen LogP contribution in [0.2, 0.25) is 0 Å². The molecule has 1 fully saturated rings. The minimum Gasteiger partial charge on any atom is -0.428 e.